The minimum atomic E-state index is 0.815. The number of unbranched alkanes of at least 4 members (excludes halogenated alkanes) is 13. The van der Waals surface area contributed by atoms with E-state index in [0.717, 1.165) is 23.3 Å². The third kappa shape index (κ3) is 32.4. The average molecular weight is 378 g/mol. The van der Waals surface area contributed by atoms with Gasteiger partial charge in [-0.2, -0.15) is 0 Å². The highest BCUT2D eigenvalue weighted by Crippen LogP contribution is 2.12. The summed E-state index contributed by atoms with van der Waals surface area (Å²) in [5, 5.41) is 0. The van der Waals surface area contributed by atoms with Gasteiger partial charge in [0.15, 0.2) is 0 Å². The van der Waals surface area contributed by atoms with Crippen LogP contribution in [0.2, 0.25) is 0 Å². The van der Waals surface area contributed by atoms with Crippen molar-refractivity contribution in [1.82, 2.24) is 0 Å². The van der Waals surface area contributed by atoms with Crippen LogP contribution >= 0.6 is 11.6 Å². The van der Waals surface area contributed by atoms with Crippen molar-refractivity contribution in [1.29, 1.82) is 0 Å². The summed E-state index contributed by atoms with van der Waals surface area (Å²) in [5.41, 5.74) is 5.33. The van der Waals surface area contributed by atoms with E-state index < -0.39 is 0 Å². The molecule has 0 radical (unpaired) electrons. The van der Waals surface area contributed by atoms with Crippen molar-refractivity contribution in [2.75, 3.05) is 40.1 Å². The van der Waals surface area contributed by atoms with Gasteiger partial charge in [0.1, 0.15) is 0 Å². The van der Waals surface area contributed by atoms with Crippen molar-refractivity contribution in [3.63, 3.8) is 0 Å². The molecule has 2 nitrogen and oxygen atoms in total. The fourth-order valence-corrected chi connectivity index (χ4v) is 3.04. The number of nitrogens with two attached hydrogens (primary N) is 1. The fourth-order valence-electron chi connectivity index (χ4n) is 2.85. The van der Waals surface area contributed by atoms with E-state index in [2.05, 4.69) is 28.1 Å². The third-order valence-electron chi connectivity index (χ3n) is 4.52. The molecule has 0 saturated carbocycles. The molecule has 0 saturated heterocycles. The highest BCUT2D eigenvalue weighted by molar-refractivity contribution is 6.17. The first-order chi connectivity index (χ1) is 12.0. The molecular formula is C22H50ClN2+. The second-order valence-corrected chi connectivity index (χ2v) is 8.82. The molecule has 0 amide bonds. The quantitative estimate of drug-likeness (QED) is 0.169. The molecule has 0 aliphatic rings. The van der Waals surface area contributed by atoms with Crippen molar-refractivity contribution in [2.24, 2.45) is 5.73 Å². The van der Waals surface area contributed by atoms with E-state index >= 15 is 0 Å². The maximum Gasteiger partial charge on any atom is 0.0792 e. The van der Waals surface area contributed by atoms with Gasteiger partial charge in [0.05, 0.1) is 27.7 Å². The van der Waals surface area contributed by atoms with E-state index in [-0.39, 0.29) is 0 Å². The number of hydrogen-bond acceptors (Lipinski definition) is 1. The van der Waals surface area contributed by atoms with Crippen LogP contribution in [0.4, 0.5) is 0 Å². The number of halogens is 1. The number of rotatable bonds is 17. The predicted octanol–water partition coefficient (Wildman–Crippen LogP) is 6.75. The largest absolute Gasteiger partial charge is 0.331 e. The van der Waals surface area contributed by atoms with Crippen molar-refractivity contribution in [3.8, 4) is 0 Å². The van der Waals surface area contributed by atoms with Gasteiger partial charge in [-0.15, -0.1) is 11.6 Å². The second kappa shape index (κ2) is 22.3. The zero-order valence-corrected chi connectivity index (χ0v) is 18.9. The Bertz CT molecular complexity index is 213. The lowest BCUT2D eigenvalue weighted by atomic mass is 10.0. The summed E-state index contributed by atoms with van der Waals surface area (Å²) in [4.78, 5) is 0. The first-order valence-electron chi connectivity index (χ1n) is 11.0. The van der Waals surface area contributed by atoms with Crippen LogP contribution in [-0.4, -0.2) is 44.6 Å². The van der Waals surface area contributed by atoms with Crippen LogP contribution in [0.15, 0.2) is 0 Å². The Labute approximate surface area is 165 Å². The molecule has 3 heteroatoms. The summed E-state index contributed by atoms with van der Waals surface area (Å²) >= 11 is 5.64. The molecule has 0 rings (SSSR count). The minimum absolute atomic E-state index is 0.815. The Morgan fingerprint density at radius 2 is 0.960 bits per heavy atom. The summed E-state index contributed by atoms with van der Waals surface area (Å²) < 4.78 is 1.02. The standard InChI is InChI=1S/C16H33Cl.C6H17N2/c1-2-3-4-5-6-7-8-9-10-11-12-13-14-15-16-17;1-8(2,3)6-4-5-7/h2-16H2,1H3;4-7H2,1-3H3/q;+1. The fraction of sp³-hybridized carbons (Fsp3) is 1.00. The Morgan fingerprint density at radius 1 is 0.600 bits per heavy atom. The van der Waals surface area contributed by atoms with Gasteiger partial charge in [0.25, 0.3) is 0 Å². The molecule has 0 spiro atoms. The first kappa shape index (κ1) is 27.4. The van der Waals surface area contributed by atoms with Gasteiger partial charge in [0, 0.05) is 12.3 Å². The van der Waals surface area contributed by atoms with Crippen molar-refractivity contribution >= 4 is 11.6 Å². The van der Waals surface area contributed by atoms with Gasteiger partial charge in [-0.05, 0) is 13.0 Å². The molecule has 0 aromatic rings. The summed E-state index contributed by atoms with van der Waals surface area (Å²) in [6, 6.07) is 0. The van der Waals surface area contributed by atoms with Crippen LogP contribution in [0.1, 0.15) is 103 Å². The third-order valence-corrected chi connectivity index (χ3v) is 4.79. The Balaban J connectivity index is 0. The van der Waals surface area contributed by atoms with Crippen LogP contribution in [0.3, 0.4) is 0 Å². The number of alkyl halides is 1. The van der Waals surface area contributed by atoms with Gasteiger partial charge in [-0.1, -0.05) is 90.4 Å². The lowest BCUT2D eigenvalue weighted by molar-refractivity contribution is -0.870. The molecule has 2 N–H and O–H groups in total. The van der Waals surface area contributed by atoms with Gasteiger partial charge in [-0.3, -0.25) is 0 Å². The monoisotopic (exact) mass is 377 g/mol. The van der Waals surface area contributed by atoms with E-state index in [1.807, 2.05) is 0 Å². The molecule has 154 valence electrons. The zero-order valence-electron chi connectivity index (χ0n) is 18.1. The van der Waals surface area contributed by atoms with Crippen LogP contribution < -0.4 is 5.73 Å². The Hall–Kier alpha value is 0.210. The van der Waals surface area contributed by atoms with Crippen molar-refractivity contribution < 1.29 is 4.48 Å². The van der Waals surface area contributed by atoms with Gasteiger partial charge >= 0.3 is 0 Å². The van der Waals surface area contributed by atoms with E-state index in [4.69, 9.17) is 17.3 Å². The highest BCUT2D eigenvalue weighted by Gasteiger charge is 2.03. The Morgan fingerprint density at radius 3 is 1.20 bits per heavy atom. The minimum Gasteiger partial charge on any atom is -0.331 e. The van der Waals surface area contributed by atoms with E-state index in [1.54, 1.807) is 0 Å². The van der Waals surface area contributed by atoms with Crippen LogP contribution in [0.25, 0.3) is 0 Å². The van der Waals surface area contributed by atoms with Crippen LogP contribution in [-0.2, 0) is 0 Å². The van der Waals surface area contributed by atoms with Crippen LogP contribution in [0.5, 0.6) is 0 Å². The van der Waals surface area contributed by atoms with Crippen molar-refractivity contribution in [3.05, 3.63) is 0 Å². The van der Waals surface area contributed by atoms with Crippen molar-refractivity contribution in [2.45, 2.75) is 103 Å². The molecule has 0 unspecified atom stereocenters. The molecule has 0 heterocycles. The summed E-state index contributed by atoms with van der Waals surface area (Å²) in [7, 11) is 6.53. The molecule has 0 atom stereocenters. The highest BCUT2D eigenvalue weighted by atomic mass is 35.5. The van der Waals surface area contributed by atoms with Gasteiger partial charge < -0.3 is 10.2 Å². The van der Waals surface area contributed by atoms with E-state index in [1.165, 1.54) is 96.4 Å². The lowest BCUT2D eigenvalue weighted by Crippen LogP contribution is -2.36. The summed E-state index contributed by atoms with van der Waals surface area (Å²) in [6.45, 7) is 4.28. The maximum atomic E-state index is 5.64. The number of hydrogen-bond donors (Lipinski definition) is 1. The molecule has 0 aromatic carbocycles. The van der Waals surface area contributed by atoms with Gasteiger partial charge in [-0.25, -0.2) is 0 Å². The predicted molar refractivity (Wildman–Crippen MR) is 118 cm³/mol. The molecule has 25 heavy (non-hydrogen) atoms. The molecule has 0 aliphatic carbocycles. The van der Waals surface area contributed by atoms with E-state index in [0.29, 0.717) is 0 Å². The zero-order chi connectivity index (χ0) is 19.2. The molecule has 0 aliphatic heterocycles. The lowest BCUT2D eigenvalue weighted by Gasteiger charge is -2.23. The van der Waals surface area contributed by atoms with E-state index in [9.17, 15) is 0 Å². The maximum absolute atomic E-state index is 5.64. The second-order valence-electron chi connectivity index (χ2n) is 8.44. The molecule has 0 bridgehead atoms. The summed E-state index contributed by atoms with van der Waals surface area (Å²) in [6.07, 6.45) is 21.0. The topological polar surface area (TPSA) is 26.0 Å². The number of quaternary nitrogens is 1. The van der Waals surface area contributed by atoms with Gasteiger partial charge in [0.2, 0.25) is 0 Å². The number of nitrogens with zero attached hydrogens (tertiary/aromatic N) is 1. The molecular weight excluding hydrogens is 328 g/mol. The average Bonchev–Trinajstić information content (AvgIpc) is 2.57. The summed E-state index contributed by atoms with van der Waals surface area (Å²) in [5.74, 6) is 0.845. The molecule has 0 fully saturated rings. The normalized spacial score (nSPS) is 11.3. The first-order valence-corrected chi connectivity index (χ1v) is 11.6. The molecule has 0 aromatic heterocycles. The van der Waals surface area contributed by atoms with Crippen LogP contribution in [0, 0.1) is 0 Å². The smallest absolute Gasteiger partial charge is 0.0792 e. The SMILES string of the molecule is CCCCCCCCCCCCCCCCCl.C[N+](C)(C)CCCN. The Kier molecular flexibility index (Phi) is 24.4.